The monoisotopic (exact) mass is 342 g/mol. The predicted octanol–water partition coefficient (Wildman–Crippen LogP) is 2.62. The number of nitrogens with zero attached hydrogens (tertiary/aromatic N) is 2. The standard InChI is InChI=1S/C19H26N4O2/c1-5-16(12(2)3)22-17(24)9-8-15-13(4)21-18(23-19(15)25)14-7-6-10-20-11-14/h6-7,10-12,16H,5,8-9H2,1-4H3,(H,22,24)(H,21,23,25)/t16-/m0/s1. The third kappa shape index (κ3) is 4.98. The van der Waals surface area contributed by atoms with Gasteiger partial charge in [0.2, 0.25) is 5.91 Å². The lowest BCUT2D eigenvalue weighted by molar-refractivity contribution is -0.122. The van der Waals surface area contributed by atoms with Gasteiger partial charge in [-0.1, -0.05) is 20.8 Å². The van der Waals surface area contributed by atoms with Crippen LogP contribution in [0.5, 0.6) is 0 Å². The number of aromatic nitrogens is 3. The third-order valence-electron chi connectivity index (χ3n) is 4.35. The molecule has 0 unspecified atom stereocenters. The van der Waals surface area contributed by atoms with Gasteiger partial charge in [-0.05, 0) is 37.8 Å². The number of carbonyl (C=O) groups is 1. The highest BCUT2D eigenvalue weighted by atomic mass is 16.1. The van der Waals surface area contributed by atoms with E-state index in [1.54, 1.807) is 25.4 Å². The number of rotatable bonds is 7. The van der Waals surface area contributed by atoms with Crippen LogP contribution in [-0.4, -0.2) is 26.9 Å². The number of amides is 1. The van der Waals surface area contributed by atoms with Gasteiger partial charge in [0.15, 0.2) is 0 Å². The summed E-state index contributed by atoms with van der Waals surface area (Å²) < 4.78 is 0. The van der Waals surface area contributed by atoms with Crippen LogP contribution in [0.25, 0.3) is 11.4 Å². The molecule has 2 N–H and O–H groups in total. The van der Waals surface area contributed by atoms with E-state index in [1.807, 2.05) is 6.07 Å². The average Bonchev–Trinajstić information content (AvgIpc) is 2.59. The van der Waals surface area contributed by atoms with Crippen molar-refractivity contribution in [2.24, 2.45) is 5.92 Å². The van der Waals surface area contributed by atoms with E-state index in [-0.39, 0.29) is 23.9 Å². The molecule has 2 aromatic heterocycles. The van der Waals surface area contributed by atoms with Gasteiger partial charge in [0.05, 0.1) is 0 Å². The van der Waals surface area contributed by atoms with E-state index in [1.165, 1.54) is 0 Å². The first-order valence-corrected chi connectivity index (χ1v) is 8.72. The topological polar surface area (TPSA) is 87.7 Å². The maximum absolute atomic E-state index is 12.4. The zero-order valence-corrected chi connectivity index (χ0v) is 15.3. The smallest absolute Gasteiger partial charge is 0.254 e. The molecule has 6 heteroatoms. The summed E-state index contributed by atoms with van der Waals surface area (Å²) >= 11 is 0. The van der Waals surface area contributed by atoms with Gasteiger partial charge >= 0.3 is 0 Å². The molecule has 134 valence electrons. The summed E-state index contributed by atoms with van der Waals surface area (Å²) in [6.45, 7) is 8.03. The maximum Gasteiger partial charge on any atom is 0.254 e. The number of pyridine rings is 1. The first-order valence-electron chi connectivity index (χ1n) is 8.72. The molecule has 1 amide bonds. The minimum atomic E-state index is -0.199. The molecule has 6 nitrogen and oxygen atoms in total. The molecule has 0 spiro atoms. The second-order valence-corrected chi connectivity index (χ2v) is 6.55. The van der Waals surface area contributed by atoms with Crippen LogP contribution < -0.4 is 10.9 Å². The highest BCUT2D eigenvalue weighted by Gasteiger charge is 2.16. The number of hydrogen-bond donors (Lipinski definition) is 2. The second kappa shape index (κ2) is 8.55. The minimum absolute atomic E-state index is 0.0318. The highest BCUT2D eigenvalue weighted by Crippen LogP contribution is 2.13. The Kier molecular flexibility index (Phi) is 6.44. The van der Waals surface area contributed by atoms with E-state index in [0.717, 1.165) is 12.0 Å². The normalized spacial score (nSPS) is 12.2. The van der Waals surface area contributed by atoms with Crippen LogP contribution in [0.1, 0.15) is 44.9 Å². The zero-order valence-electron chi connectivity index (χ0n) is 15.3. The van der Waals surface area contributed by atoms with Gasteiger partial charge in [-0.3, -0.25) is 14.6 Å². The van der Waals surface area contributed by atoms with Crippen molar-refractivity contribution in [3.8, 4) is 11.4 Å². The molecule has 25 heavy (non-hydrogen) atoms. The van der Waals surface area contributed by atoms with Gasteiger partial charge in [0.1, 0.15) is 5.82 Å². The minimum Gasteiger partial charge on any atom is -0.353 e. The summed E-state index contributed by atoms with van der Waals surface area (Å²) in [6.07, 6.45) is 4.87. The van der Waals surface area contributed by atoms with Crippen LogP contribution in [0.15, 0.2) is 29.3 Å². The first kappa shape index (κ1) is 18.8. The van der Waals surface area contributed by atoms with Crippen LogP contribution in [-0.2, 0) is 11.2 Å². The van der Waals surface area contributed by atoms with Crippen molar-refractivity contribution in [2.45, 2.75) is 53.0 Å². The van der Waals surface area contributed by atoms with Crippen molar-refractivity contribution >= 4 is 5.91 Å². The quantitative estimate of drug-likeness (QED) is 0.809. The molecule has 2 heterocycles. The molecule has 0 aromatic carbocycles. The summed E-state index contributed by atoms with van der Waals surface area (Å²) in [4.78, 5) is 35.8. The molecule has 1 atom stereocenters. The second-order valence-electron chi connectivity index (χ2n) is 6.55. The summed E-state index contributed by atoms with van der Waals surface area (Å²) in [5.41, 5.74) is 1.76. The zero-order chi connectivity index (χ0) is 18.4. The lowest BCUT2D eigenvalue weighted by Gasteiger charge is -2.20. The van der Waals surface area contributed by atoms with Crippen molar-refractivity contribution in [3.05, 3.63) is 46.1 Å². The van der Waals surface area contributed by atoms with Gasteiger partial charge < -0.3 is 10.3 Å². The Morgan fingerprint density at radius 2 is 2.12 bits per heavy atom. The van der Waals surface area contributed by atoms with Gasteiger partial charge in [0, 0.05) is 41.7 Å². The molecule has 2 aromatic rings. The van der Waals surface area contributed by atoms with Crippen molar-refractivity contribution in [3.63, 3.8) is 0 Å². The van der Waals surface area contributed by atoms with Crippen molar-refractivity contribution in [1.29, 1.82) is 0 Å². The van der Waals surface area contributed by atoms with Crippen LogP contribution in [0.2, 0.25) is 0 Å². The number of nitrogens with one attached hydrogen (secondary N) is 2. The van der Waals surface area contributed by atoms with E-state index in [0.29, 0.717) is 29.4 Å². The number of hydrogen-bond acceptors (Lipinski definition) is 4. The molecule has 0 saturated heterocycles. The largest absolute Gasteiger partial charge is 0.353 e. The van der Waals surface area contributed by atoms with E-state index in [2.05, 4.69) is 41.0 Å². The SMILES string of the molecule is CC[C@H](NC(=O)CCc1c(C)nc(-c2cccnc2)[nH]c1=O)C(C)C. The fourth-order valence-electron chi connectivity index (χ4n) is 2.80. The first-order chi connectivity index (χ1) is 11.9. The van der Waals surface area contributed by atoms with Crippen LogP contribution >= 0.6 is 0 Å². The number of H-pyrrole nitrogens is 1. The van der Waals surface area contributed by atoms with Gasteiger partial charge in [0.25, 0.3) is 5.56 Å². The molecule has 0 radical (unpaired) electrons. The Labute approximate surface area is 148 Å². The molecule has 0 fully saturated rings. The van der Waals surface area contributed by atoms with Crippen molar-refractivity contribution in [1.82, 2.24) is 20.3 Å². The Morgan fingerprint density at radius 3 is 2.68 bits per heavy atom. The fourth-order valence-corrected chi connectivity index (χ4v) is 2.80. The van der Waals surface area contributed by atoms with Crippen molar-refractivity contribution in [2.75, 3.05) is 0 Å². The third-order valence-corrected chi connectivity index (χ3v) is 4.35. The van der Waals surface area contributed by atoms with E-state index in [9.17, 15) is 9.59 Å². The molecular weight excluding hydrogens is 316 g/mol. The molecule has 0 saturated carbocycles. The van der Waals surface area contributed by atoms with Gasteiger partial charge in [-0.2, -0.15) is 0 Å². The lowest BCUT2D eigenvalue weighted by atomic mass is 10.0. The van der Waals surface area contributed by atoms with Crippen molar-refractivity contribution < 1.29 is 4.79 Å². The molecule has 0 bridgehead atoms. The Balaban J connectivity index is 2.08. The van der Waals surface area contributed by atoms with Crippen LogP contribution in [0, 0.1) is 12.8 Å². The summed E-state index contributed by atoms with van der Waals surface area (Å²) in [6, 6.07) is 3.80. The summed E-state index contributed by atoms with van der Waals surface area (Å²) in [7, 11) is 0. The van der Waals surface area contributed by atoms with E-state index >= 15 is 0 Å². The molecule has 0 aliphatic heterocycles. The number of carbonyl (C=O) groups excluding carboxylic acids is 1. The van der Waals surface area contributed by atoms with Gasteiger partial charge in [-0.15, -0.1) is 0 Å². The summed E-state index contributed by atoms with van der Waals surface area (Å²) in [5, 5.41) is 3.03. The Bertz CT molecular complexity index is 769. The van der Waals surface area contributed by atoms with Crippen LogP contribution in [0.4, 0.5) is 0 Å². The van der Waals surface area contributed by atoms with E-state index in [4.69, 9.17) is 0 Å². The Hall–Kier alpha value is -2.50. The highest BCUT2D eigenvalue weighted by molar-refractivity contribution is 5.76. The predicted molar refractivity (Wildman–Crippen MR) is 98.2 cm³/mol. The molecule has 2 rings (SSSR count). The molecule has 0 aliphatic carbocycles. The Morgan fingerprint density at radius 1 is 1.36 bits per heavy atom. The maximum atomic E-state index is 12.4. The molecular formula is C19H26N4O2. The fraction of sp³-hybridized carbons (Fsp3) is 0.474. The van der Waals surface area contributed by atoms with Gasteiger partial charge in [-0.25, -0.2) is 4.98 Å². The number of aryl methyl sites for hydroxylation is 1. The number of aromatic amines is 1. The molecule has 0 aliphatic rings. The summed E-state index contributed by atoms with van der Waals surface area (Å²) in [5.74, 6) is 0.852. The van der Waals surface area contributed by atoms with E-state index < -0.39 is 0 Å². The lowest BCUT2D eigenvalue weighted by Crippen LogP contribution is -2.38. The average molecular weight is 342 g/mol. The van der Waals surface area contributed by atoms with Crippen LogP contribution in [0.3, 0.4) is 0 Å².